The van der Waals surface area contributed by atoms with E-state index in [0.29, 0.717) is 13.1 Å². The van der Waals surface area contributed by atoms with Crippen molar-refractivity contribution in [2.75, 3.05) is 25.0 Å². The lowest BCUT2D eigenvalue weighted by Gasteiger charge is -2.23. The van der Waals surface area contributed by atoms with Crippen molar-refractivity contribution in [3.63, 3.8) is 0 Å². The van der Waals surface area contributed by atoms with Gasteiger partial charge < -0.3 is 16.4 Å². The number of nitrogens with two attached hydrogens (primary N) is 2. The maximum atomic E-state index is 13.3. The van der Waals surface area contributed by atoms with Crippen LogP contribution in [0.2, 0.25) is 0 Å². The zero-order valence-corrected chi connectivity index (χ0v) is 8.58. The minimum absolute atomic E-state index is 0.193. The standard InChI is InChI=1S/C10H15F2N3/c1-15(6-8(14)5-13)10-4-7(11)2-3-9(10)12/h2-4,8H,5-6,13-14H2,1H3. The molecule has 0 saturated carbocycles. The highest BCUT2D eigenvalue weighted by atomic mass is 19.1. The lowest BCUT2D eigenvalue weighted by atomic mass is 10.2. The fourth-order valence-electron chi connectivity index (χ4n) is 1.30. The third-order valence-corrected chi connectivity index (χ3v) is 2.13. The fourth-order valence-corrected chi connectivity index (χ4v) is 1.30. The van der Waals surface area contributed by atoms with Crippen molar-refractivity contribution in [2.45, 2.75) is 6.04 Å². The van der Waals surface area contributed by atoms with Gasteiger partial charge in [0.05, 0.1) is 5.69 Å². The van der Waals surface area contributed by atoms with Gasteiger partial charge in [-0.05, 0) is 12.1 Å². The first-order chi connectivity index (χ1) is 7.04. The summed E-state index contributed by atoms with van der Waals surface area (Å²) in [5, 5.41) is 0. The van der Waals surface area contributed by atoms with Crippen LogP contribution >= 0.6 is 0 Å². The molecule has 0 heterocycles. The zero-order chi connectivity index (χ0) is 11.4. The minimum Gasteiger partial charge on any atom is -0.371 e. The molecule has 0 saturated heterocycles. The Bertz CT molecular complexity index is 330. The van der Waals surface area contributed by atoms with Gasteiger partial charge in [0.2, 0.25) is 0 Å². The van der Waals surface area contributed by atoms with Gasteiger partial charge in [0, 0.05) is 32.2 Å². The van der Waals surface area contributed by atoms with Gasteiger partial charge in [0.1, 0.15) is 11.6 Å². The Kier molecular flexibility index (Phi) is 3.99. The molecule has 1 unspecified atom stereocenters. The molecule has 15 heavy (non-hydrogen) atoms. The molecule has 0 aliphatic heterocycles. The van der Waals surface area contributed by atoms with Gasteiger partial charge in [-0.2, -0.15) is 0 Å². The van der Waals surface area contributed by atoms with Crippen molar-refractivity contribution in [2.24, 2.45) is 11.5 Å². The van der Waals surface area contributed by atoms with E-state index in [-0.39, 0.29) is 11.7 Å². The summed E-state index contributed by atoms with van der Waals surface area (Å²) in [6.07, 6.45) is 0. The third kappa shape index (κ3) is 3.14. The van der Waals surface area contributed by atoms with Crippen LogP contribution in [0.5, 0.6) is 0 Å². The van der Waals surface area contributed by atoms with E-state index in [9.17, 15) is 8.78 Å². The predicted molar refractivity (Wildman–Crippen MR) is 56.7 cm³/mol. The van der Waals surface area contributed by atoms with Gasteiger partial charge in [-0.25, -0.2) is 8.78 Å². The van der Waals surface area contributed by atoms with Crippen LogP contribution in [0.1, 0.15) is 0 Å². The maximum absolute atomic E-state index is 13.3. The molecule has 3 nitrogen and oxygen atoms in total. The number of halogens is 2. The van der Waals surface area contributed by atoms with E-state index in [1.54, 1.807) is 11.9 Å². The van der Waals surface area contributed by atoms with Crippen LogP contribution in [0.4, 0.5) is 14.5 Å². The van der Waals surface area contributed by atoms with Crippen LogP contribution in [0, 0.1) is 11.6 Å². The lowest BCUT2D eigenvalue weighted by Crippen LogP contribution is -2.40. The van der Waals surface area contributed by atoms with Crippen LogP contribution in [0.3, 0.4) is 0 Å². The summed E-state index contributed by atoms with van der Waals surface area (Å²) >= 11 is 0. The first kappa shape index (κ1) is 11.9. The van der Waals surface area contributed by atoms with Crippen LogP contribution in [-0.4, -0.2) is 26.2 Å². The quantitative estimate of drug-likeness (QED) is 0.776. The molecule has 0 amide bonds. The average Bonchev–Trinajstić information content (AvgIpc) is 2.21. The Morgan fingerprint density at radius 1 is 1.40 bits per heavy atom. The molecule has 4 N–H and O–H groups in total. The highest BCUT2D eigenvalue weighted by molar-refractivity contribution is 5.47. The molecular weight excluding hydrogens is 200 g/mol. The van der Waals surface area contributed by atoms with Crippen molar-refractivity contribution in [1.82, 2.24) is 0 Å². The molecular formula is C10H15F2N3. The summed E-state index contributed by atoms with van der Waals surface area (Å²) in [5.41, 5.74) is 11.2. The van der Waals surface area contributed by atoms with Crippen molar-refractivity contribution >= 4 is 5.69 Å². The molecule has 0 aliphatic carbocycles. The molecule has 1 aromatic rings. The van der Waals surface area contributed by atoms with Gasteiger partial charge in [0.25, 0.3) is 0 Å². The Morgan fingerprint density at radius 2 is 2.07 bits per heavy atom. The summed E-state index contributed by atoms with van der Waals surface area (Å²) < 4.78 is 26.2. The predicted octanol–water partition coefficient (Wildman–Crippen LogP) is 0.687. The first-order valence-corrected chi connectivity index (χ1v) is 4.66. The number of likely N-dealkylation sites (N-methyl/N-ethyl adjacent to an activating group) is 1. The minimum atomic E-state index is -0.473. The van der Waals surface area contributed by atoms with Gasteiger partial charge >= 0.3 is 0 Å². The molecule has 0 spiro atoms. The van der Waals surface area contributed by atoms with Crippen LogP contribution in [0.25, 0.3) is 0 Å². The van der Waals surface area contributed by atoms with E-state index >= 15 is 0 Å². The van der Waals surface area contributed by atoms with Gasteiger partial charge in [-0.1, -0.05) is 0 Å². The molecule has 0 fully saturated rings. The van der Waals surface area contributed by atoms with Crippen LogP contribution < -0.4 is 16.4 Å². The number of anilines is 1. The molecule has 0 aromatic heterocycles. The van der Waals surface area contributed by atoms with E-state index in [2.05, 4.69) is 0 Å². The van der Waals surface area contributed by atoms with Crippen molar-refractivity contribution in [3.05, 3.63) is 29.8 Å². The number of benzene rings is 1. The number of rotatable bonds is 4. The third-order valence-electron chi connectivity index (χ3n) is 2.13. The van der Waals surface area contributed by atoms with Gasteiger partial charge in [0.15, 0.2) is 0 Å². The highest BCUT2D eigenvalue weighted by Gasteiger charge is 2.11. The number of hydrogen-bond donors (Lipinski definition) is 2. The molecule has 1 rings (SSSR count). The smallest absolute Gasteiger partial charge is 0.146 e. The van der Waals surface area contributed by atoms with E-state index in [1.165, 1.54) is 0 Å². The Morgan fingerprint density at radius 3 is 2.67 bits per heavy atom. The second-order valence-electron chi connectivity index (χ2n) is 3.47. The van der Waals surface area contributed by atoms with E-state index in [0.717, 1.165) is 18.2 Å². The SMILES string of the molecule is CN(CC(N)CN)c1cc(F)ccc1F. The van der Waals surface area contributed by atoms with Crippen LogP contribution in [0.15, 0.2) is 18.2 Å². The Hall–Kier alpha value is -1.20. The largest absolute Gasteiger partial charge is 0.371 e. The maximum Gasteiger partial charge on any atom is 0.146 e. The topological polar surface area (TPSA) is 55.3 Å². The van der Waals surface area contributed by atoms with E-state index in [1.807, 2.05) is 0 Å². The Balaban J connectivity index is 2.80. The van der Waals surface area contributed by atoms with E-state index in [4.69, 9.17) is 11.5 Å². The van der Waals surface area contributed by atoms with Gasteiger partial charge in [-0.3, -0.25) is 0 Å². The molecule has 0 aliphatic rings. The zero-order valence-electron chi connectivity index (χ0n) is 8.58. The first-order valence-electron chi connectivity index (χ1n) is 4.66. The molecule has 0 bridgehead atoms. The molecule has 5 heteroatoms. The average molecular weight is 215 g/mol. The van der Waals surface area contributed by atoms with E-state index < -0.39 is 11.6 Å². The summed E-state index contributed by atoms with van der Waals surface area (Å²) in [7, 11) is 1.65. The molecule has 0 radical (unpaired) electrons. The normalized spacial score (nSPS) is 12.6. The fraction of sp³-hybridized carbons (Fsp3) is 0.400. The van der Waals surface area contributed by atoms with Gasteiger partial charge in [-0.15, -0.1) is 0 Å². The summed E-state index contributed by atoms with van der Waals surface area (Å²) in [4.78, 5) is 1.55. The monoisotopic (exact) mass is 215 g/mol. The Labute approximate surface area is 87.7 Å². The molecule has 1 atom stereocenters. The number of nitrogens with zero attached hydrogens (tertiary/aromatic N) is 1. The second kappa shape index (κ2) is 5.04. The molecule has 84 valence electrons. The summed E-state index contributed by atoms with van der Waals surface area (Å²) in [6.45, 7) is 0.693. The highest BCUT2D eigenvalue weighted by Crippen LogP contribution is 2.18. The van der Waals surface area contributed by atoms with Crippen molar-refractivity contribution in [3.8, 4) is 0 Å². The second-order valence-corrected chi connectivity index (χ2v) is 3.47. The number of hydrogen-bond acceptors (Lipinski definition) is 3. The van der Waals surface area contributed by atoms with Crippen LogP contribution in [-0.2, 0) is 0 Å². The van der Waals surface area contributed by atoms with Crippen molar-refractivity contribution < 1.29 is 8.78 Å². The lowest BCUT2D eigenvalue weighted by molar-refractivity contribution is 0.589. The van der Waals surface area contributed by atoms with Crippen molar-refractivity contribution in [1.29, 1.82) is 0 Å². The summed E-state index contributed by atoms with van der Waals surface area (Å²) in [6, 6.07) is 3.06. The molecule has 1 aromatic carbocycles. The summed E-state index contributed by atoms with van der Waals surface area (Å²) in [5.74, 6) is -0.942.